The van der Waals surface area contributed by atoms with E-state index in [0.29, 0.717) is 11.4 Å². The molecule has 1 aromatic rings. The molecule has 84 valence electrons. The van der Waals surface area contributed by atoms with Crippen LogP contribution >= 0.6 is 12.2 Å². The van der Waals surface area contributed by atoms with Crippen LogP contribution in [-0.2, 0) is 10.0 Å². The molecule has 1 aromatic heterocycles. The summed E-state index contributed by atoms with van der Waals surface area (Å²) in [5, 5.41) is 6.05. The average molecular weight is 248 g/mol. The van der Waals surface area contributed by atoms with Crippen LogP contribution in [-0.4, -0.2) is 41.5 Å². The fourth-order valence-corrected chi connectivity index (χ4v) is 2.10. The second-order valence-corrected chi connectivity index (χ2v) is 5.50. The summed E-state index contributed by atoms with van der Waals surface area (Å²) in [5.74, 6) is 0. The number of nitrogens with one attached hydrogen (secondary N) is 1. The Morgan fingerprint density at radius 1 is 1.73 bits per heavy atom. The van der Waals surface area contributed by atoms with E-state index in [1.54, 1.807) is 0 Å². The highest BCUT2D eigenvalue weighted by Gasteiger charge is 2.21. The topological polar surface area (TPSA) is 92.1 Å². The van der Waals surface area contributed by atoms with Crippen molar-refractivity contribution < 1.29 is 8.42 Å². The van der Waals surface area contributed by atoms with E-state index in [4.69, 9.17) is 5.73 Å². The first-order valence-electron chi connectivity index (χ1n) is 4.18. The first kappa shape index (κ1) is 12.1. The number of rotatable bonds is 5. The van der Waals surface area contributed by atoms with Crippen molar-refractivity contribution in [2.75, 3.05) is 13.6 Å². The standard InChI is InChI=1S/C7H12N4O2S2/c1-11(5-3-6(8)14)15(12,13)7-2-4-9-10-7/h2,4H,3,5H2,1H3,(H2,8,14)(H,9,10). The van der Waals surface area contributed by atoms with Crippen LogP contribution < -0.4 is 5.73 Å². The van der Waals surface area contributed by atoms with Crippen LogP contribution in [0.25, 0.3) is 0 Å². The molecular formula is C7H12N4O2S2. The third-order valence-electron chi connectivity index (χ3n) is 1.84. The molecule has 1 heterocycles. The van der Waals surface area contributed by atoms with Crippen LogP contribution in [0.5, 0.6) is 0 Å². The largest absolute Gasteiger partial charge is 0.393 e. The zero-order valence-corrected chi connectivity index (χ0v) is 9.81. The molecular weight excluding hydrogens is 236 g/mol. The molecule has 0 saturated carbocycles. The van der Waals surface area contributed by atoms with Gasteiger partial charge in [-0.3, -0.25) is 5.10 Å². The molecule has 3 N–H and O–H groups in total. The third kappa shape index (κ3) is 2.98. The van der Waals surface area contributed by atoms with Crippen molar-refractivity contribution in [3.63, 3.8) is 0 Å². The van der Waals surface area contributed by atoms with Gasteiger partial charge in [0.15, 0.2) is 5.03 Å². The lowest BCUT2D eigenvalue weighted by molar-refractivity contribution is 0.475. The second-order valence-electron chi connectivity index (χ2n) is 2.96. The molecule has 0 aliphatic carbocycles. The minimum atomic E-state index is -3.49. The van der Waals surface area contributed by atoms with Gasteiger partial charge in [-0.1, -0.05) is 12.2 Å². The van der Waals surface area contributed by atoms with E-state index in [1.807, 2.05) is 0 Å². The van der Waals surface area contributed by atoms with Gasteiger partial charge in [0.25, 0.3) is 10.0 Å². The molecule has 15 heavy (non-hydrogen) atoms. The van der Waals surface area contributed by atoms with E-state index < -0.39 is 10.0 Å². The Morgan fingerprint density at radius 3 is 2.87 bits per heavy atom. The summed E-state index contributed by atoms with van der Waals surface area (Å²) in [6, 6.07) is 1.40. The lowest BCUT2D eigenvalue weighted by Crippen LogP contribution is -2.30. The summed E-state index contributed by atoms with van der Waals surface area (Å²) in [4.78, 5) is 0.293. The van der Waals surface area contributed by atoms with Crippen LogP contribution in [0, 0.1) is 0 Å². The van der Waals surface area contributed by atoms with Crippen LogP contribution in [0.2, 0.25) is 0 Å². The molecule has 0 fully saturated rings. The minimum Gasteiger partial charge on any atom is -0.393 e. The molecule has 0 saturated heterocycles. The Morgan fingerprint density at radius 2 is 2.40 bits per heavy atom. The van der Waals surface area contributed by atoms with Gasteiger partial charge in [-0.15, -0.1) is 0 Å². The summed E-state index contributed by atoms with van der Waals surface area (Å²) in [6.07, 6.45) is 1.74. The number of sulfonamides is 1. The molecule has 0 aliphatic heterocycles. The predicted octanol–water partition coefficient (Wildman–Crippen LogP) is -0.294. The minimum absolute atomic E-state index is 0.0629. The number of nitrogens with zero attached hydrogens (tertiary/aromatic N) is 2. The van der Waals surface area contributed by atoms with Gasteiger partial charge in [0, 0.05) is 20.0 Å². The maximum Gasteiger partial charge on any atom is 0.259 e. The molecule has 0 spiro atoms. The van der Waals surface area contributed by atoms with E-state index in [2.05, 4.69) is 22.4 Å². The summed E-state index contributed by atoms with van der Waals surface area (Å²) in [6.45, 7) is 0.261. The van der Waals surface area contributed by atoms with Gasteiger partial charge in [0.1, 0.15) is 0 Å². The molecule has 0 bridgehead atoms. The number of nitrogens with two attached hydrogens (primary N) is 1. The van der Waals surface area contributed by atoms with E-state index in [1.165, 1.54) is 23.6 Å². The fraction of sp³-hybridized carbons (Fsp3) is 0.429. The van der Waals surface area contributed by atoms with Crippen molar-refractivity contribution in [1.29, 1.82) is 0 Å². The zero-order valence-electron chi connectivity index (χ0n) is 8.17. The van der Waals surface area contributed by atoms with Crippen molar-refractivity contribution in [2.24, 2.45) is 5.73 Å². The van der Waals surface area contributed by atoms with Crippen molar-refractivity contribution in [3.05, 3.63) is 12.3 Å². The SMILES string of the molecule is CN(CCC(N)=S)S(=O)(=O)c1ccn[nH]1. The Kier molecular flexibility index (Phi) is 3.77. The van der Waals surface area contributed by atoms with E-state index in [0.717, 1.165) is 0 Å². The summed E-state index contributed by atoms with van der Waals surface area (Å²) < 4.78 is 24.7. The lowest BCUT2D eigenvalue weighted by Gasteiger charge is -2.14. The number of hydrogen-bond acceptors (Lipinski definition) is 4. The number of hydrogen-bond donors (Lipinski definition) is 2. The van der Waals surface area contributed by atoms with E-state index in [-0.39, 0.29) is 11.6 Å². The van der Waals surface area contributed by atoms with Crippen molar-refractivity contribution in [2.45, 2.75) is 11.4 Å². The van der Waals surface area contributed by atoms with Gasteiger partial charge in [-0.2, -0.15) is 9.40 Å². The average Bonchev–Trinajstić information content (AvgIpc) is 2.66. The number of H-pyrrole nitrogens is 1. The Balaban J connectivity index is 2.75. The highest BCUT2D eigenvalue weighted by Crippen LogP contribution is 2.10. The molecule has 0 atom stereocenters. The summed E-state index contributed by atoms with van der Waals surface area (Å²) >= 11 is 4.67. The van der Waals surface area contributed by atoms with Gasteiger partial charge in [0.05, 0.1) is 11.2 Å². The Hall–Kier alpha value is -0.990. The second kappa shape index (κ2) is 4.69. The van der Waals surface area contributed by atoms with Gasteiger partial charge >= 0.3 is 0 Å². The summed E-state index contributed by atoms with van der Waals surface area (Å²) in [5.41, 5.74) is 5.29. The predicted molar refractivity (Wildman–Crippen MR) is 59.8 cm³/mol. The van der Waals surface area contributed by atoms with E-state index in [9.17, 15) is 8.42 Å². The molecule has 0 unspecified atom stereocenters. The molecule has 6 nitrogen and oxygen atoms in total. The quantitative estimate of drug-likeness (QED) is 0.698. The van der Waals surface area contributed by atoms with E-state index >= 15 is 0 Å². The number of thiocarbonyl (C=S) groups is 1. The smallest absolute Gasteiger partial charge is 0.259 e. The Bertz CT molecular complexity index is 426. The van der Waals surface area contributed by atoms with Crippen molar-refractivity contribution >= 4 is 27.2 Å². The van der Waals surface area contributed by atoms with Gasteiger partial charge < -0.3 is 5.73 Å². The number of aromatic nitrogens is 2. The van der Waals surface area contributed by atoms with Crippen LogP contribution in [0.15, 0.2) is 17.3 Å². The highest BCUT2D eigenvalue weighted by molar-refractivity contribution is 7.89. The molecule has 0 aliphatic rings. The molecule has 0 aromatic carbocycles. The molecule has 0 amide bonds. The molecule has 0 radical (unpaired) electrons. The van der Waals surface area contributed by atoms with Crippen molar-refractivity contribution in [3.8, 4) is 0 Å². The fourth-order valence-electron chi connectivity index (χ4n) is 0.942. The van der Waals surface area contributed by atoms with Gasteiger partial charge in [0.2, 0.25) is 0 Å². The van der Waals surface area contributed by atoms with Crippen LogP contribution in [0.3, 0.4) is 0 Å². The molecule has 1 rings (SSSR count). The normalized spacial score (nSPS) is 11.9. The number of aromatic amines is 1. The van der Waals surface area contributed by atoms with Crippen molar-refractivity contribution in [1.82, 2.24) is 14.5 Å². The first-order chi connectivity index (χ1) is 6.94. The van der Waals surface area contributed by atoms with Gasteiger partial charge in [-0.05, 0) is 6.07 Å². The zero-order chi connectivity index (χ0) is 11.5. The first-order valence-corrected chi connectivity index (χ1v) is 6.03. The third-order valence-corrected chi connectivity index (χ3v) is 3.83. The summed E-state index contributed by atoms with van der Waals surface area (Å²) in [7, 11) is -2.02. The van der Waals surface area contributed by atoms with Gasteiger partial charge in [-0.25, -0.2) is 8.42 Å². The van der Waals surface area contributed by atoms with Crippen LogP contribution in [0.4, 0.5) is 0 Å². The maximum atomic E-state index is 11.8. The Labute approximate surface area is 93.5 Å². The lowest BCUT2D eigenvalue weighted by atomic mass is 10.4. The monoisotopic (exact) mass is 248 g/mol. The molecule has 8 heteroatoms. The highest BCUT2D eigenvalue weighted by atomic mass is 32.2. The van der Waals surface area contributed by atoms with Crippen LogP contribution in [0.1, 0.15) is 6.42 Å². The maximum absolute atomic E-state index is 11.8.